The summed E-state index contributed by atoms with van der Waals surface area (Å²) in [6.45, 7) is 13.1. The highest BCUT2D eigenvalue weighted by Crippen LogP contribution is 2.69. The van der Waals surface area contributed by atoms with Gasteiger partial charge in [0.05, 0.1) is 12.4 Å². The number of fused-ring (bicyclic) bond motifs is 7. The van der Waals surface area contributed by atoms with Gasteiger partial charge in [-0.2, -0.15) is 0 Å². The zero-order valence-electron chi connectivity index (χ0n) is 23.2. The van der Waals surface area contributed by atoms with Crippen molar-refractivity contribution in [3.8, 4) is 0 Å². The molecule has 9 atom stereocenters. The van der Waals surface area contributed by atoms with Crippen LogP contribution in [0.1, 0.15) is 99.3 Å². The molecule has 4 aliphatic carbocycles. The molecule has 0 aromatic carbocycles. The summed E-state index contributed by atoms with van der Waals surface area (Å²) in [5, 5.41) is 0. The number of carbonyl (C=O) groups is 2. The monoisotopic (exact) mass is 498 g/mol. The molecule has 0 saturated heterocycles. The normalized spacial score (nSPS) is 41.8. The fraction of sp³-hybridized carbons (Fsp3) is 0.806. The van der Waals surface area contributed by atoms with Gasteiger partial charge in [0.25, 0.3) is 0 Å². The minimum absolute atomic E-state index is 0.0643. The van der Waals surface area contributed by atoms with Gasteiger partial charge in [-0.15, -0.1) is 0 Å². The van der Waals surface area contributed by atoms with E-state index in [4.69, 9.17) is 14.2 Å². The Labute approximate surface area is 217 Å². The molecular weight excluding hydrogens is 452 g/mol. The lowest BCUT2D eigenvalue weighted by Crippen LogP contribution is -2.50. The molecule has 0 amide bonds. The molecule has 200 valence electrons. The highest BCUT2D eigenvalue weighted by Gasteiger charge is 2.63. The van der Waals surface area contributed by atoms with Gasteiger partial charge in [0.1, 0.15) is 12.2 Å². The maximum absolute atomic E-state index is 11.5. The molecule has 5 aliphatic rings. The molecule has 1 heterocycles. The van der Waals surface area contributed by atoms with Gasteiger partial charge in [-0.25, -0.2) is 0 Å². The average Bonchev–Trinajstić information content (AvgIpc) is 3.29. The van der Waals surface area contributed by atoms with Crippen molar-refractivity contribution < 1.29 is 23.8 Å². The van der Waals surface area contributed by atoms with Crippen LogP contribution >= 0.6 is 0 Å². The van der Waals surface area contributed by atoms with Gasteiger partial charge in [0.15, 0.2) is 0 Å². The van der Waals surface area contributed by atoms with Crippen LogP contribution in [0.4, 0.5) is 0 Å². The molecule has 0 radical (unpaired) electrons. The zero-order valence-corrected chi connectivity index (χ0v) is 23.2. The predicted octanol–water partition coefficient (Wildman–Crippen LogP) is 6.76. The topological polar surface area (TPSA) is 61.8 Å². The Kier molecular flexibility index (Phi) is 6.83. The van der Waals surface area contributed by atoms with E-state index in [2.05, 4.69) is 33.8 Å². The Morgan fingerprint density at radius 2 is 1.92 bits per heavy atom. The molecule has 3 unspecified atom stereocenters. The number of hydrogen-bond acceptors (Lipinski definition) is 5. The third-order valence-corrected chi connectivity index (χ3v) is 11.0. The summed E-state index contributed by atoms with van der Waals surface area (Å²) in [7, 11) is 0. The van der Waals surface area contributed by atoms with Crippen LogP contribution in [-0.2, 0) is 23.8 Å². The van der Waals surface area contributed by atoms with E-state index in [1.54, 1.807) is 5.57 Å². The van der Waals surface area contributed by atoms with E-state index < -0.39 is 0 Å². The zero-order chi connectivity index (χ0) is 25.8. The largest absolute Gasteiger partial charge is 0.494 e. The molecule has 1 aliphatic heterocycles. The molecule has 0 aromatic heterocycles. The molecule has 0 aromatic rings. The van der Waals surface area contributed by atoms with Gasteiger partial charge in [0.2, 0.25) is 0 Å². The number of carbonyl (C=O) groups excluding carboxylic acids is 2. The summed E-state index contributed by atoms with van der Waals surface area (Å²) >= 11 is 0. The minimum Gasteiger partial charge on any atom is -0.494 e. The number of ether oxygens (including phenoxy) is 3. The first-order chi connectivity index (χ1) is 17.0. The van der Waals surface area contributed by atoms with Crippen molar-refractivity contribution in [2.24, 2.45) is 40.4 Å². The molecule has 36 heavy (non-hydrogen) atoms. The van der Waals surface area contributed by atoms with Gasteiger partial charge >= 0.3 is 11.9 Å². The Bertz CT molecular complexity index is 964. The first kappa shape index (κ1) is 25.9. The predicted molar refractivity (Wildman–Crippen MR) is 139 cm³/mol. The Hall–Kier alpha value is -1.78. The van der Waals surface area contributed by atoms with E-state index in [9.17, 15) is 9.59 Å². The average molecular weight is 499 g/mol. The summed E-state index contributed by atoms with van der Waals surface area (Å²) in [5.74, 6) is 3.93. The van der Waals surface area contributed by atoms with Crippen LogP contribution in [0.3, 0.4) is 0 Å². The van der Waals surface area contributed by atoms with Crippen molar-refractivity contribution >= 4 is 11.9 Å². The van der Waals surface area contributed by atoms with Crippen molar-refractivity contribution in [1.29, 1.82) is 0 Å². The highest BCUT2D eigenvalue weighted by molar-refractivity contribution is 5.66. The quantitative estimate of drug-likeness (QED) is 0.299. The lowest BCUT2D eigenvalue weighted by Gasteiger charge is -2.58. The molecular formula is C31H46O5. The van der Waals surface area contributed by atoms with Gasteiger partial charge in [-0.05, 0) is 91.9 Å². The van der Waals surface area contributed by atoms with Crippen molar-refractivity contribution in [1.82, 2.24) is 0 Å². The standard InChI is InChI=1S/C31H46O5/c1-18(17-34-20(3)32)7-10-27-19(2)29-28(36-27)16-26-24-9-8-22-15-23(35-21(4)33)11-13-30(22,5)25(24)12-14-31(26,29)6/h8,18,23-26,28-29H,7,9-17H2,1-6H3/t18?,23-,24+,25-,26-,28?,29?,30-,31-/m0/s1. The lowest BCUT2D eigenvalue weighted by atomic mass is 9.47. The smallest absolute Gasteiger partial charge is 0.302 e. The van der Waals surface area contributed by atoms with E-state index in [0.29, 0.717) is 35.9 Å². The first-order valence-electron chi connectivity index (χ1n) is 14.4. The summed E-state index contributed by atoms with van der Waals surface area (Å²) in [6.07, 6.45) is 12.9. The van der Waals surface area contributed by atoms with Crippen molar-refractivity contribution in [3.63, 3.8) is 0 Å². The van der Waals surface area contributed by atoms with Crippen LogP contribution in [-0.4, -0.2) is 30.8 Å². The number of rotatable bonds is 6. The second-order valence-corrected chi connectivity index (χ2v) is 13.2. The second-order valence-electron chi connectivity index (χ2n) is 13.2. The molecule has 5 rings (SSSR count). The maximum atomic E-state index is 11.5. The lowest BCUT2D eigenvalue weighted by molar-refractivity contribution is -0.148. The molecule has 3 saturated carbocycles. The van der Waals surface area contributed by atoms with Gasteiger partial charge < -0.3 is 14.2 Å². The van der Waals surface area contributed by atoms with Crippen LogP contribution in [0.15, 0.2) is 23.0 Å². The first-order valence-corrected chi connectivity index (χ1v) is 14.4. The number of hydrogen-bond donors (Lipinski definition) is 0. The van der Waals surface area contributed by atoms with Crippen molar-refractivity contribution in [2.45, 2.75) is 112 Å². The summed E-state index contributed by atoms with van der Waals surface area (Å²) in [5.41, 5.74) is 3.62. The fourth-order valence-electron chi connectivity index (χ4n) is 9.27. The third kappa shape index (κ3) is 4.32. The van der Waals surface area contributed by atoms with E-state index >= 15 is 0 Å². The number of esters is 2. The van der Waals surface area contributed by atoms with E-state index in [1.165, 1.54) is 50.9 Å². The van der Waals surface area contributed by atoms with Crippen molar-refractivity contribution in [3.05, 3.63) is 23.0 Å². The van der Waals surface area contributed by atoms with E-state index in [0.717, 1.165) is 43.9 Å². The van der Waals surface area contributed by atoms with E-state index in [1.807, 2.05) is 0 Å². The molecule has 5 heteroatoms. The third-order valence-electron chi connectivity index (χ3n) is 11.0. The summed E-state index contributed by atoms with van der Waals surface area (Å²) in [4.78, 5) is 22.7. The Balaban J connectivity index is 1.29. The van der Waals surface area contributed by atoms with Crippen LogP contribution in [0.25, 0.3) is 0 Å². The minimum atomic E-state index is -0.200. The fourth-order valence-corrected chi connectivity index (χ4v) is 9.27. The Morgan fingerprint density at radius 3 is 2.64 bits per heavy atom. The number of allylic oxidation sites excluding steroid dienone is 2. The molecule has 5 nitrogen and oxygen atoms in total. The highest BCUT2D eigenvalue weighted by atomic mass is 16.5. The maximum Gasteiger partial charge on any atom is 0.302 e. The second kappa shape index (κ2) is 9.51. The van der Waals surface area contributed by atoms with Crippen LogP contribution < -0.4 is 0 Å². The SMILES string of the molecule is CC(=O)OCC(C)CCC1=C(C)C2C(C[C@H]3[C@@H]4CC=C5C[C@@H](OC(C)=O)CC[C@]5(C)[C@H]4CC[C@]23C)O1. The van der Waals surface area contributed by atoms with Gasteiger partial charge in [-0.3, -0.25) is 9.59 Å². The molecule has 0 bridgehead atoms. The Morgan fingerprint density at radius 1 is 1.14 bits per heavy atom. The van der Waals surface area contributed by atoms with Crippen LogP contribution in [0, 0.1) is 40.4 Å². The summed E-state index contributed by atoms with van der Waals surface area (Å²) in [6, 6.07) is 0. The van der Waals surface area contributed by atoms with Crippen LogP contribution in [0.5, 0.6) is 0 Å². The van der Waals surface area contributed by atoms with Crippen LogP contribution in [0.2, 0.25) is 0 Å². The van der Waals surface area contributed by atoms with Gasteiger partial charge in [-0.1, -0.05) is 32.4 Å². The molecule has 0 N–H and O–H groups in total. The molecule has 0 spiro atoms. The van der Waals surface area contributed by atoms with Gasteiger partial charge in [0, 0.05) is 32.6 Å². The van der Waals surface area contributed by atoms with E-state index in [-0.39, 0.29) is 23.5 Å². The molecule has 3 fully saturated rings. The van der Waals surface area contributed by atoms with Crippen molar-refractivity contribution in [2.75, 3.05) is 6.61 Å². The summed E-state index contributed by atoms with van der Waals surface area (Å²) < 4.78 is 17.5.